The number of rotatable bonds is 7. The average Bonchev–Trinajstić information content (AvgIpc) is 2.87. The van der Waals surface area contributed by atoms with Gasteiger partial charge < -0.3 is 29.7 Å². The SMILES string of the molecule is C[C@@H](NC(=O)c1cn(C2(C)CN(C(=O)OC(C)(C)C)C2)c(=O)cc1NC1CCN(C)CC1)c1cccc(C(F)F)c1F. The number of halogens is 3. The number of nitrogens with one attached hydrogen (secondary N) is 2. The summed E-state index contributed by atoms with van der Waals surface area (Å²) in [4.78, 5) is 43.3. The summed E-state index contributed by atoms with van der Waals surface area (Å²) in [5.41, 5.74) is -2.13. The summed E-state index contributed by atoms with van der Waals surface area (Å²) < 4.78 is 48.3. The van der Waals surface area contributed by atoms with E-state index in [2.05, 4.69) is 15.5 Å². The first-order chi connectivity index (χ1) is 19.6. The summed E-state index contributed by atoms with van der Waals surface area (Å²) >= 11 is 0. The molecule has 230 valence electrons. The van der Waals surface area contributed by atoms with Gasteiger partial charge in [0.2, 0.25) is 0 Å². The molecule has 1 atom stereocenters. The summed E-state index contributed by atoms with van der Waals surface area (Å²) in [5.74, 6) is -1.67. The fourth-order valence-corrected chi connectivity index (χ4v) is 5.44. The first-order valence-electron chi connectivity index (χ1n) is 14.2. The Morgan fingerprint density at radius 1 is 1.12 bits per heavy atom. The molecule has 12 heteroatoms. The third kappa shape index (κ3) is 6.91. The van der Waals surface area contributed by atoms with Gasteiger partial charge in [0.25, 0.3) is 17.9 Å². The number of carbonyl (C=O) groups is 2. The van der Waals surface area contributed by atoms with Crippen LogP contribution in [-0.2, 0) is 10.3 Å². The van der Waals surface area contributed by atoms with E-state index in [1.165, 1.54) is 40.8 Å². The smallest absolute Gasteiger partial charge is 0.410 e. The van der Waals surface area contributed by atoms with Crippen LogP contribution in [0.5, 0.6) is 0 Å². The van der Waals surface area contributed by atoms with Crippen molar-refractivity contribution in [1.29, 1.82) is 0 Å². The maximum atomic E-state index is 14.8. The normalized spacial score (nSPS) is 18.4. The van der Waals surface area contributed by atoms with Gasteiger partial charge in [-0.25, -0.2) is 18.0 Å². The quantitative estimate of drug-likeness (QED) is 0.476. The van der Waals surface area contributed by atoms with Gasteiger partial charge in [-0.2, -0.15) is 0 Å². The van der Waals surface area contributed by atoms with E-state index in [1.807, 2.05) is 14.0 Å². The van der Waals surface area contributed by atoms with E-state index >= 15 is 0 Å². The van der Waals surface area contributed by atoms with E-state index in [1.54, 1.807) is 20.8 Å². The maximum Gasteiger partial charge on any atom is 0.410 e. The second kappa shape index (κ2) is 12.0. The number of nitrogens with zero attached hydrogens (tertiary/aromatic N) is 3. The number of aromatic nitrogens is 1. The van der Waals surface area contributed by atoms with Crippen LogP contribution in [0.3, 0.4) is 0 Å². The highest BCUT2D eigenvalue weighted by atomic mass is 19.3. The number of benzene rings is 1. The zero-order valence-corrected chi connectivity index (χ0v) is 25.0. The molecule has 2 aromatic rings. The molecule has 1 aromatic carbocycles. The van der Waals surface area contributed by atoms with Crippen molar-refractivity contribution in [3.05, 3.63) is 63.3 Å². The number of ether oxygens (including phenoxy) is 1. The summed E-state index contributed by atoms with van der Waals surface area (Å²) in [7, 11) is 2.03. The minimum atomic E-state index is -3.00. The van der Waals surface area contributed by atoms with Crippen LogP contribution >= 0.6 is 0 Å². The Bertz CT molecular complexity index is 1380. The predicted molar refractivity (Wildman–Crippen MR) is 154 cm³/mol. The van der Waals surface area contributed by atoms with E-state index in [9.17, 15) is 27.6 Å². The Morgan fingerprint density at radius 3 is 2.33 bits per heavy atom. The van der Waals surface area contributed by atoms with Gasteiger partial charge in [-0.3, -0.25) is 9.59 Å². The molecule has 2 fully saturated rings. The lowest BCUT2D eigenvalue weighted by Gasteiger charge is -2.48. The van der Waals surface area contributed by atoms with Gasteiger partial charge >= 0.3 is 6.09 Å². The maximum absolute atomic E-state index is 14.8. The van der Waals surface area contributed by atoms with Crippen molar-refractivity contribution < 1.29 is 27.5 Å². The molecule has 1 aromatic heterocycles. The zero-order valence-electron chi connectivity index (χ0n) is 25.0. The first-order valence-corrected chi connectivity index (χ1v) is 14.2. The molecule has 0 aliphatic carbocycles. The summed E-state index contributed by atoms with van der Waals surface area (Å²) in [6.45, 7) is 10.7. The van der Waals surface area contributed by atoms with Crippen LogP contribution in [0.25, 0.3) is 0 Å². The molecular weight excluding hydrogens is 551 g/mol. The number of alkyl halides is 2. The Morgan fingerprint density at radius 2 is 1.74 bits per heavy atom. The second-order valence-corrected chi connectivity index (χ2v) is 12.6. The van der Waals surface area contributed by atoms with Crippen molar-refractivity contribution in [2.24, 2.45) is 0 Å². The van der Waals surface area contributed by atoms with Crippen LogP contribution < -0.4 is 16.2 Å². The highest BCUT2D eigenvalue weighted by Crippen LogP contribution is 2.31. The van der Waals surface area contributed by atoms with Crippen LogP contribution in [0.1, 0.15) is 81.4 Å². The number of hydrogen-bond donors (Lipinski definition) is 2. The molecule has 2 aliphatic heterocycles. The monoisotopic (exact) mass is 591 g/mol. The van der Waals surface area contributed by atoms with E-state index in [0.717, 1.165) is 32.0 Å². The van der Waals surface area contributed by atoms with Crippen LogP contribution in [0, 0.1) is 5.82 Å². The molecule has 0 radical (unpaired) electrons. The van der Waals surface area contributed by atoms with Gasteiger partial charge in [0.15, 0.2) is 0 Å². The third-order valence-electron chi connectivity index (χ3n) is 7.78. The molecule has 2 saturated heterocycles. The lowest BCUT2D eigenvalue weighted by Crippen LogP contribution is -2.65. The topological polar surface area (TPSA) is 95.9 Å². The Kier molecular flexibility index (Phi) is 8.96. The molecule has 4 rings (SSSR count). The van der Waals surface area contributed by atoms with Crippen LogP contribution in [0.2, 0.25) is 0 Å². The van der Waals surface area contributed by atoms with Crippen molar-refractivity contribution in [2.75, 3.05) is 38.5 Å². The lowest BCUT2D eigenvalue weighted by atomic mass is 9.91. The standard InChI is InChI=1S/C30H40F3N5O4/c1-18(20-8-7-9-21(25(20)31)26(32)33)34-27(40)22-15-38(30(5)16-37(17-30)28(41)42-29(2,3)4)24(39)14-23(22)35-19-10-12-36(6)13-11-19/h7-9,14-15,18-19,26,35H,10-13,16-17H2,1-6H3,(H,34,40)/t18-/m1/s1. The molecule has 0 saturated carbocycles. The van der Waals surface area contributed by atoms with Crippen molar-refractivity contribution in [1.82, 2.24) is 19.7 Å². The average molecular weight is 592 g/mol. The van der Waals surface area contributed by atoms with Crippen LogP contribution in [0.15, 0.2) is 35.3 Å². The molecule has 3 heterocycles. The Labute approximate surface area is 244 Å². The minimum Gasteiger partial charge on any atom is -0.444 e. The Hall–Kier alpha value is -3.54. The van der Waals surface area contributed by atoms with Gasteiger partial charge in [-0.1, -0.05) is 18.2 Å². The molecule has 0 unspecified atom stereocenters. The minimum absolute atomic E-state index is 0.0301. The largest absolute Gasteiger partial charge is 0.444 e. The predicted octanol–water partition coefficient (Wildman–Crippen LogP) is 4.89. The zero-order chi connectivity index (χ0) is 31.0. The molecule has 2 N–H and O–H groups in total. The van der Waals surface area contributed by atoms with Crippen molar-refractivity contribution >= 4 is 17.7 Å². The van der Waals surface area contributed by atoms with E-state index in [4.69, 9.17) is 4.74 Å². The number of likely N-dealkylation sites (tertiary alicyclic amines) is 2. The highest BCUT2D eigenvalue weighted by molar-refractivity contribution is 5.99. The van der Waals surface area contributed by atoms with E-state index in [0.29, 0.717) is 5.69 Å². The van der Waals surface area contributed by atoms with E-state index in [-0.39, 0.29) is 35.8 Å². The van der Waals surface area contributed by atoms with Crippen molar-refractivity contribution in [3.63, 3.8) is 0 Å². The fraction of sp³-hybridized carbons (Fsp3) is 0.567. The van der Waals surface area contributed by atoms with Gasteiger partial charge in [0.05, 0.1) is 28.4 Å². The number of hydrogen-bond acceptors (Lipinski definition) is 6. The van der Waals surface area contributed by atoms with E-state index < -0.39 is 47.0 Å². The molecule has 0 spiro atoms. The number of anilines is 1. The molecule has 9 nitrogen and oxygen atoms in total. The van der Waals surface area contributed by atoms with Crippen molar-refractivity contribution in [2.45, 2.75) is 77.1 Å². The van der Waals surface area contributed by atoms with Gasteiger partial charge in [0, 0.05) is 37.0 Å². The summed E-state index contributed by atoms with van der Waals surface area (Å²) in [6, 6.07) is 4.15. The van der Waals surface area contributed by atoms with Crippen LogP contribution in [-0.4, -0.2) is 71.2 Å². The van der Waals surface area contributed by atoms with Gasteiger partial charge in [-0.15, -0.1) is 0 Å². The highest BCUT2D eigenvalue weighted by Gasteiger charge is 2.45. The number of piperidine rings is 1. The number of amides is 2. The lowest BCUT2D eigenvalue weighted by molar-refractivity contribution is -0.0241. The molecule has 0 bridgehead atoms. The molecule has 2 aliphatic rings. The van der Waals surface area contributed by atoms with Gasteiger partial charge in [-0.05, 0) is 67.6 Å². The van der Waals surface area contributed by atoms with Crippen LogP contribution in [0.4, 0.5) is 23.7 Å². The Balaban J connectivity index is 1.63. The second-order valence-electron chi connectivity index (χ2n) is 12.6. The molecular formula is C30H40F3N5O4. The number of pyridine rings is 1. The summed E-state index contributed by atoms with van der Waals surface area (Å²) in [5, 5.41) is 6.07. The summed E-state index contributed by atoms with van der Waals surface area (Å²) in [6.07, 6.45) is -0.407. The molecule has 42 heavy (non-hydrogen) atoms. The fourth-order valence-electron chi connectivity index (χ4n) is 5.44. The third-order valence-corrected chi connectivity index (χ3v) is 7.78. The number of carbonyl (C=O) groups excluding carboxylic acids is 2. The first kappa shape index (κ1) is 31.4. The van der Waals surface area contributed by atoms with Crippen molar-refractivity contribution in [3.8, 4) is 0 Å². The molecule has 2 amide bonds. The van der Waals surface area contributed by atoms with Gasteiger partial charge in [0.1, 0.15) is 11.4 Å².